The number of aryl methyl sites for hydroxylation is 1. The van der Waals surface area contributed by atoms with Gasteiger partial charge in [0, 0.05) is 11.1 Å². The Labute approximate surface area is 123 Å². The molecule has 0 aromatic carbocycles. The van der Waals surface area contributed by atoms with E-state index in [0.717, 1.165) is 23.9 Å². The number of ether oxygens (including phenoxy) is 1. The molecule has 2 aromatic rings. The molecule has 0 spiro atoms. The number of hydrogen-bond donors (Lipinski definition) is 2. The molecular formula is C15H20N4O2. The number of nitrogens with one attached hydrogen (secondary N) is 2. The van der Waals surface area contributed by atoms with Gasteiger partial charge in [-0.05, 0) is 25.8 Å². The number of rotatable bonds is 4. The van der Waals surface area contributed by atoms with Crippen LogP contribution in [0.2, 0.25) is 0 Å². The summed E-state index contributed by atoms with van der Waals surface area (Å²) in [5, 5.41) is 10.7. The molecule has 0 aliphatic heterocycles. The van der Waals surface area contributed by atoms with Crippen molar-refractivity contribution in [3.63, 3.8) is 0 Å². The minimum Gasteiger partial charge on any atom is -0.368 e. The number of amides is 1. The second kappa shape index (κ2) is 6.22. The van der Waals surface area contributed by atoms with E-state index in [0.29, 0.717) is 11.3 Å². The minimum atomic E-state index is -0.136. The standard InChI is InChI=1S/C15H20N4O2/c1-10-13-7-11(8-16-15(13)19-18-10)17-14(20)9-21-12-5-3-2-4-6-12/h7-8,12H,2-6,9H2,1H3,(H,17,20)(H,16,18,19). The van der Waals surface area contributed by atoms with Crippen LogP contribution in [0.4, 0.5) is 5.69 Å². The van der Waals surface area contributed by atoms with Gasteiger partial charge < -0.3 is 10.1 Å². The summed E-state index contributed by atoms with van der Waals surface area (Å²) < 4.78 is 5.66. The van der Waals surface area contributed by atoms with Gasteiger partial charge in [0.2, 0.25) is 5.91 Å². The number of pyridine rings is 1. The molecule has 0 saturated heterocycles. The van der Waals surface area contributed by atoms with Crippen molar-refractivity contribution in [1.82, 2.24) is 15.2 Å². The number of carbonyl (C=O) groups is 1. The second-order valence-corrected chi connectivity index (χ2v) is 5.56. The zero-order valence-electron chi connectivity index (χ0n) is 12.2. The van der Waals surface area contributed by atoms with Gasteiger partial charge in [-0.1, -0.05) is 19.3 Å². The van der Waals surface area contributed by atoms with Crippen LogP contribution in [0.1, 0.15) is 37.8 Å². The van der Waals surface area contributed by atoms with Gasteiger partial charge in [-0.25, -0.2) is 4.98 Å². The first kappa shape index (κ1) is 14.0. The van der Waals surface area contributed by atoms with E-state index in [1.807, 2.05) is 13.0 Å². The molecular weight excluding hydrogens is 268 g/mol. The molecule has 0 bridgehead atoms. The fourth-order valence-corrected chi connectivity index (χ4v) is 2.71. The smallest absolute Gasteiger partial charge is 0.250 e. The molecule has 2 heterocycles. The van der Waals surface area contributed by atoms with Crippen molar-refractivity contribution in [3.05, 3.63) is 18.0 Å². The van der Waals surface area contributed by atoms with E-state index in [-0.39, 0.29) is 18.6 Å². The molecule has 2 N–H and O–H groups in total. The number of hydrogen-bond acceptors (Lipinski definition) is 4. The summed E-state index contributed by atoms with van der Waals surface area (Å²) in [6.07, 6.45) is 7.66. The Bertz CT molecular complexity index is 632. The third-order valence-electron chi connectivity index (χ3n) is 3.89. The van der Waals surface area contributed by atoms with E-state index in [4.69, 9.17) is 4.74 Å². The quantitative estimate of drug-likeness (QED) is 0.906. The molecule has 0 unspecified atom stereocenters. The Hall–Kier alpha value is -1.95. The van der Waals surface area contributed by atoms with Gasteiger partial charge in [-0.3, -0.25) is 9.89 Å². The van der Waals surface area contributed by atoms with Gasteiger partial charge in [0.05, 0.1) is 18.0 Å². The zero-order valence-corrected chi connectivity index (χ0v) is 12.2. The molecule has 1 amide bonds. The molecule has 6 heteroatoms. The maximum Gasteiger partial charge on any atom is 0.250 e. The molecule has 2 aromatic heterocycles. The van der Waals surface area contributed by atoms with Crippen molar-refractivity contribution in [2.45, 2.75) is 45.1 Å². The molecule has 3 rings (SSSR count). The van der Waals surface area contributed by atoms with Crippen LogP contribution in [-0.2, 0) is 9.53 Å². The van der Waals surface area contributed by atoms with Crippen molar-refractivity contribution in [2.24, 2.45) is 0 Å². The van der Waals surface area contributed by atoms with E-state index in [1.165, 1.54) is 19.3 Å². The molecule has 112 valence electrons. The Morgan fingerprint density at radius 2 is 2.24 bits per heavy atom. The highest BCUT2D eigenvalue weighted by Crippen LogP contribution is 2.20. The Balaban J connectivity index is 1.56. The average Bonchev–Trinajstić information content (AvgIpc) is 2.87. The Morgan fingerprint density at radius 3 is 3.05 bits per heavy atom. The van der Waals surface area contributed by atoms with Crippen molar-refractivity contribution >= 4 is 22.6 Å². The van der Waals surface area contributed by atoms with Crippen molar-refractivity contribution in [3.8, 4) is 0 Å². The molecule has 0 atom stereocenters. The number of H-pyrrole nitrogens is 1. The third-order valence-corrected chi connectivity index (χ3v) is 3.89. The molecule has 6 nitrogen and oxygen atoms in total. The summed E-state index contributed by atoms with van der Waals surface area (Å²) in [6.45, 7) is 2.03. The lowest BCUT2D eigenvalue weighted by Crippen LogP contribution is -2.24. The highest BCUT2D eigenvalue weighted by Gasteiger charge is 2.15. The van der Waals surface area contributed by atoms with E-state index in [1.54, 1.807) is 6.20 Å². The van der Waals surface area contributed by atoms with E-state index in [9.17, 15) is 4.79 Å². The lowest BCUT2D eigenvalue weighted by Gasteiger charge is -2.21. The van der Waals surface area contributed by atoms with Crippen LogP contribution in [0.25, 0.3) is 11.0 Å². The van der Waals surface area contributed by atoms with Crippen LogP contribution in [0.3, 0.4) is 0 Å². The molecule has 21 heavy (non-hydrogen) atoms. The van der Waals surface area contributed by atoms with Gasteiger partial charge in [-0.2, -0.15) is 5.10 Å². The molecule has 1 fully saturated rings. The van der Waals surface area contributed by atoms with E-state index < -0.39 is 0 Å². The normalized spacial score (nSPS) is 16.2. The monoisotopic (exact) mass is 288 g/mol. The first-order valence-electron chi connectivity index (χ1n) is 7.44. The van der Waals surface area contributed by atoms with E-state index >= 15 is 0 Å². The predicted octanol–water partition coefficient (Wildman–Crippen LogP) is 2.55. The maximum absolute atomic E-state index is 11.9. The SMILES string of the molecule is Cc1[nH]nc2ncc(NC(=O)COC3CCCCC3)cc12. The van der Waals surface area contributed by atoms with E-state index in [2.05, 4.69) is 20.5 Å². The fourth-order valence-electron chi connectivity index (χ4n) is 2.71. The average molecular weight is 288 g/mol. The lowest BCUT2D eigenvalue weighted by atomic mass is 9.98. The third kappa shape index (κ3) is 3.39. The number of carbonyl (C=O) groups excluding carboxylic acids is 1. The molecule has 1 aliphatic rings. The van der Waals surface area contributed by atoms with Gasteiger partial charge in [0.1, 0.15) is 6.61 Å². The van der Waals surface area contributed by atoms with Crippen molar-refractivity contribution < 1.29 is 9.53 Å². The summed E-state index contributed by atoms with van der Waals surface area (Å²) in [6, 6.07) is 1.87. The number of anilines is 1. The fraction of sp³-hybridized carbons (Fsp3) is 0.533. The summed E-state index contributed by atoms with van der Waals surface area (Å²) in [4.78, 5) is 16.1. The lowest BCUT2D eigenvalue weighted by molar-refractivity contribution is -0.123. The van der Waals surface area contributed by atoms with Gasteiger partial charge in [0.15, 0.2) is 5.65 Å². The van der Waals surface area contributed by atoms with Gasteiger partial charge >= 0.3 is 0 Å². The molecule has 1 saturated carbocycles. The summed E-state index contributed by atoms with van der Waals surface area (Å²) in [7, 11) is 0. The van der Waals surface area contributed by atoms with Gasteiger partial charge in [-0.15, -0.1) is 0 Å². The van der Waals surface area contributed by atoms with Crippen LogP contribution >= 0.6 is 0 Å². The number of aromatic nitrogens is 3. The van der Waals surface area contributed by atoms with Crippen molar-refractivity contribution in [1.29, 1.82) is 0 Å². The highest BCUT2D eigenvalue weighted by molar-refractivity contribution is 5.93. The Kier molecular flexibility index (Phi) is 4.15. The highest BCUT2D eigenvalue weighted by atomic mass is 16.5. The van der Waals surface area contributed by atoms with Crippen LogP contribution in [0, 0.1) is 6.92 Å². The van der Waals surface area contributed by atoms with Crippen LogP contribution in [-0.4, -0.2) is 33.8 Å². The number of aromatic amines is 1. The number of fused-ring (bicyclic) bond motifs is 1. The van der Waals surface area contributed by atoms with Crippen LogP contribution < -0.4 is 5.32 Å². The summed E-state index contributed by atoms with van der Waals surface area (Å²) in [5.41, 5.74) is 2.26. The summed E-state index contributed by atoms with van der Waals surface area (Å²) in [5.74, 6) is -0.136. The number of nitrogens with zero attached hydrogens (tertiary/aromatic N) is 2. The van der Waals surface area contributed by atoms with Crippen molar-refractivity contribution in [2.75, 3.05) is 11.9 Å². The van der Waals surface area contributed by atoms with Crippen LogP contribution in [0.15, 0.2) is 12.3 Å². The predicted molar refractivity (Wildman–Crippen MR) is 80.1 cm³/mol. The molecule has 0 radical (unpaired) electrons. The topological polar surface area (TPSA) is 79.9 Å². The maximum atomic E-state index is 11.9. The first-order chi connectivity index (χ1) is 10.2. The first-order valence-corrected chi connectivity index (χ1v) is 7.44. The van der Waals surface area contributed by atoms with Gasteiger partial charge in [0.25, 0.3) is 0 Å². The second-order valence-electron chi connectivity index (χ2n) is 5.56. The summed E-state index contributed by atoms with van der Waals surface area (Å²) >= 11 is 0. The minimum absolute atomic E-state index is 0.104. The van der Waals surface area contributed by atoms with Crippen LogP contribution in [0.5, 0.6) is 0 Å². The Morgan fingerprint density at radius 1 is 1.43 bits per heavy atom. The zero-order chi connectivity index (χ0) is 14.7. The molecule has 1 aliphatic carbocycles. The largest absolute Gasteiger partial charge is 0.368 e.